The predicted octanol–water partition coefficient (Wildman–Crippen LogP) is 5.25. The van der Waals surface area contributed by atoms with Gasteiger partial charge in [0.1, 0.15) is 22.4 Å². The number of ketones is 1. The van der Waals surface area contributed by atoms with Gasteiger partial charge in [0.25, 0.3) is 0 Å². The van der Waals surface area contributed by atoms with Crippen LogP contribution in [0.25, 0.3) is 11.5 Å². The van der Waals surface area contributed by atoms with Gasteiger partial charge >= 0.3 is 5.09 Å². The van der Waals surface area contributed by atoms with Crippen LogP contribution in [-0.2, 0) is 10.9 Å². The van der Waals surface area contributed by atoms with Crippen LogP contribution in [0.15, 0.2) is 96.5 Å². The van der Waals surface area contributed by atoms with Crippen molar-refractivity contribution in [1.29, 1.82) is 0 Å². The number of hydrogen-bond donors (Lipinski definition) is 2. The molecule has 140 valence electrons. The lowest BCUT2D eigenvalue weighted by Gasteiger charge is -2.05. The number of benzene rings is 2. The van der Waals surface area contributed by atoms with Gasteiger partial charge in [0.2, 0.25) is 0 Å². The van der Waals surface area contributed by atoms with E-state index in [4.69, 9.17) is 8.83 Å². The summed E-state index contributed by atoms with van der Waals surface area (Å²) in [6.07, 6.45) is 0. The molecule has 4 aromatic rings. The lowest BCUT2D eigenvalue weighted by Crippen LogP contribution is -2.03. The first-order valence-corrected chi connectivity index (χ1v) is 9.77. The summed E-state index contributed by atoms with van der Waals surface area (Å²) in [5.41, 5.74) is 0. The van der Waals surface area contributed by atoms with E-state index in [1.807, 2.05) is 30.3 Å². The van der Waals surface area contributed by atoms with E-state index in [1.54, 1.807) is 42.5 Å². The third kappa shape index (κ3) is 3.54. The number of furan rings is 2. The van der Waals surface area contributed by atoms with Crippen molar-refractivity contribution in [1.82, 2.24) is 0 Å². The average Bonchev–Trinajstić information content (AvgIpc) is 3.35. The van der Waals surface area contributed by atoms with E-state index in [2.05, 4.69) is 0 Å². The predicted molar refractivity (Wildman–Crippen MR) is 105 cm³/mol. The van der Waals surface area contributed by atoms with Crippen LogP contribution in [-0.4, -0.2) is 16.0 Å². The first kappa shape index (κ1) is 18.0. The zero-order valence-electron chi connectivity index (χ0n) is 15.0. The van der Waals surface area contributed by atoms with E-state index in [0.717, 1.165) is 9.79 Å². The SMILES string of the molecule is CC(=O)c1ccc(-c2ccc([S+](c3ccc(O)cc3)c3ccc(O)cc3)o2)o1. The van der Waals surface area contributed by atoms with Crippen molar-refractivity contribution in [2.45, 2.75) is 21.8 Å². The van der Waals surface area contributed by atoms with Gasteiger partial charge in [0.15, 0.2) is 32.9 Å². The Hall–Kier alpha value is -3.38. The Labute approximate surface area is 164 Å². The minimum atomic E-state index is -0.584. The maximum Gasteiger partial charge on any atom is 0.325 e. The Morgan fingerprint density at radius 1 is 0.714 bits per heavy atom. The fourth-order valence-electron chi connectivity index (χ4n) is 2.75. The van der Waals surface area contributed by atoms with E-state index < -0.39 is 10.9 Å². The molecule has 2 aromatic heterocycles. The summed E-state index contributed by atoms with van der Waals surface area (Å²) in [5, 5.41) is 19.9. The van der Waals surface area contributed by atoms with E-state index in [9.17, 15) is 15.0 Å². The van der Waals surface area contributed by atoms with Crippen LogP contribution in [0.4, 0.5) is 0 Å². The van der Waals surface area contributed by atoms with Crippen LogP contribution in [0, 0.1) is 0 Å². The molecule has 6 heteroatoms. The zero-order valence-corrected chi connectivity index (χ0v) is 15.8. The number of carbonyl (C=O) groups excluding carboxylic acids is 1. The number of rotatable bonds is 5. The van der Waals surface area contributed by atoms with Gasteiger partial charge in [-0.05, 0) is 66.7 Å². The summed E-state index contributed by atoms with van der Waals surface area (Å²) in [7, 11) is -0.584. The third-order valence-corrected chi connectivity index (χ3v) is 6.23. The Bertz CT molecular complexity index is 1060. The number of phenolic OH excluding ortho intramolecular Hbond substituents is 2. The van der Waals surface area contributed by atoms with Crippen molar-refractivity contribution < 1.29 is 23.8 Å². The van der Waals surface area contributed by atoms with Crippen LogP contribution in [0.1, 0.15) is 17.5 Å². The van der Waals surface area contributed by atoms with Gasteiger partial charge < -0.3 is 19.0 Å². The van der Waals surface area contributed by atoms with Gasteiger partial charge in [-0.1, -0.05) is 0 Å². The molecule has 0 amide bonds. The van der Waals surface area contributed by atoms with Gasteiger partial charge in [-0.15, -0.1) is 0 Å². The smallest absolute Gasteiger partial charge is 0.325 e. The molecule has 2 heterocycles. The minimum Gasteiger partial charge on any atom is -0.508 e. The first-order chi connectivity index (χ1) is 13.5. The van der Waals surface area contributed by atoms with Crippen molar-refractivity contribution in [3.8, 4) is 23.0 Å². The Balaban J connectivity index is 1.76. The summed E-state index contributed by atoms with van der Waals surface area (Å²) in [6.45, 7) is 1.45. The van der Waals surface area contributed by atoms with Gasteiger partial charge in [-0.3, -0.25) is 4.79 Å². The molecule has 28 heavy (non-hydrogen) atoms. The Kier molecular flexibility index (Phi) is 4.71. The molecule has 4 rings (SSSR count). The largest absolute Gasteiger partial charge is 0.508 e. The highest BCUT2D eigenvalue weighted by atomic mass is 32.2. The standard InChI is InChI=1S/C22H16O5S/c1-14(23)19-10-11-20(26-19)21-12-13-22(27-21)28(17-6-2-15(24)3-7-17)18-8-4-16(25)5-9-18/h2-13H,1H3,(H-,24,25)/p+1. The van der Waals surface area contributed by atoms with Crippen LogP contribution < -0.4 is 0 Å². The highest BCUT2D eigenvalue weighted by Crippen LogP contribution is 2.36. The molecule has 0 unspecified atom stereocenters. The van der Waals surface area contributed by atoms with Crippen molar-refractivity contribution >= 4 is 16.7 Å². The molecule has 5 nitrogen and oxygen atoms in total. The first-order valence-electron chi connectivity index (χ1n) is 8.54. The second-order valence-corrected chi connectivity index (χ2v) is 8.09. The maximum atomic E-state index is 11.5. The maximum absolute atomic E-state index is 11.5. The van der Waals surface area contributed by atoms with Crippen molar-refractivity contribution in [2.24, 2.45) is 0 Å². The summed E-state index contributed by atoms with van der Waals surface area (Å²) in [4.78, 5) is 13.4. The molecular formula is C22H17O5S+. The van der Waals surface area contributed by atoms with Crippen LogP contribution in [0.3, 0.4) is 0 Å². The number of carbonyl (C=O) groups is 1. The second-order valence-electron chi connectivity index (χ2n) is 6.13. The third-order valence-electron chi connectivity index (χ3n) is 4.12. The molecular weight excluding hydrogens is 376 g/mol. The van der Waals surface area contributed by atoms with E-state index in [0.29, 0.717) is 16.6 Å². The number of aromatic hydroxyl groups is 2. The normalized spacial score (nSPS) is 11.1. The van der Waals surface area contributed by atoms with Gasteiger partial charge in [-0.2, -0.15) is 0 Å². The average molecular weight is 393 g/mol. The van der Waals surface area contributed by atoms with Crippen LogP contribution >= 0.6 is 0 Å². The topological polar surface area (TPSA) is 83.8 Å². The molecule has 0 atom stereocenters. The van der Waals surface area contributed by atoms with Crippen LogP contribution in [0.5, 0.6) is 11.5 Å². The Morgan fingerprint density at radius 3 is 1.71 bits per heavy atom. The zero-order chi connectivity index (χ0) is 19.7. The number of hydrogen-bond acceptors (Lipinski definition) is 5. The molecule has 0 aliphatic carbocycles. The molecule has 2 N–H and O–H groups in total. The van der Waals surface area contributed by atoms with E-state index in [1.165, 1.54) is 6.92 Å². The van der Waals surface area contributed by atoms with Crippen LogP contribution in [0.2, 0.25) is 0 Å². The molecule has 0 radical (unpaired) electrons. The fraction of sp³-hybridized carbons (Fsp3) is 0.0455. The molecule has 0 bridgehead atoms. The highest BCUT2D eigenvalue weighted by Gasteiger charge is 2.33. The molecule has 0 aliphatic rings. The van der Waals surface area contributed by atoms with E-state index in [-0.39, 0.29) is 23.0 Å². The molecule has 0 saturated carbocycles. The summed E-state index contributed by atoms with van der Waals surface area (Å²) in [5.74, 6) is 1.51. The summed E-state index contributed by atoms with van der Waals surface area (Å²) >= 11 is 0. The highest BCUT2D eigenvalue weighted by molar-refractivity contribution is 7.96. The lowest BCUT2D eigenvalue weighted by atomic mass is 10.3. The van der Waals surface area contributed by atoms with E-state index >= 15 is 0 Å². The minimum absolute atomic E-state index is 0.147. The molecule has 0 aliphatic heterocycles. The molecule has 2 aromatic carbocycles. The lowest BCUT2D eigenvalue weighted by molar-refractivity contribution is 0.0988. The van der Waals surface area contributed by atoms with Gasteiger partial charge in [0.05, 0.1) is 0 Å². The summed E-state index contributed by atoms with van der Waals surface area (Å²) < 4.78 is 11.6. The quantitative estimate of drug-likeness (QED) is 0.357. The van der Waals surface area contributed by atoms with Crippen molar-refractivity contribution in [2.75, 3.05) is 0 Å². The fourth-order valence-corrected chi connectivity index (χ4v) is 4.69. The second kappa shape index (κ2) is 7.32. The Morgan fingerprint density at radius 2 is 1.21 bits per heavy atom. The van der Waals surface area contributed by atoms with Crippen molar-refractivity contribution in [3.05, 3.63) is 78.6 Å². The number of phenols is 2. The van der Waals surface area contributed by atoms with Gasteiger partial charge in [0, 0.05) is 13.0 Å². The monoisotopic (exact) mass is 393 g/mol. The summed E-state index contributed by atoms with van der Waals surface area (Å²) in [6, 6.07) is 20.9. The number of Topliss-reactive ketones (excluding diaryl/α,β-unsaturated/α-hetero) is 1. The molecule has 0 fully saturated rings. The van der Waals surface area contributed by atoms with Gasteiger partial charge in [-0.25, -0.2) is 0 Å². The van der Waals surface area contributed by atoms with Crippen molar-refractivity contribution in [3.63, 3.8) is 0 Å². The molecule has 0 saturated heterocycles. The molecule has 0 spiro atoms.